The molecule has 1 amide bonds. The third-order valence-electron chi connectivity index (χ3n) is 2.65. The van der Waals surface area contributed by atoms with Crippen LogP contribution in [0.5, 0.6) is 0 Å². The molecule has 0 saturated heterocycles. The molecule has 0 fully saturated rings. The van der Waals surface area contributed by atoms with Crippen molar-refractivity contribution in [3.63, 3.8) is 0 Å². The Morgan fingerprint density at radius 2 is 2.19 bits per heavy atom. The number of halogens is 2. The Bertz CT molecular complexity index is 684. The van der Waals surface area contributed by atoms with E-state index in [-0.39, 0.29) is 11.3 Å². The van der Waals surface area contributed by atoms with Crippen LogP contribution >= 0.6 is 27.3 Å². The molecule has 0 bridgehead atoms. The first-order chi connectivity index (χ1) is 9.90. The van der Waals surface area contributed by atoms with Crippen LogP contribution in [-0.4, -0.2) is 22.0 Å². The van der Waals surface area contributed by atoms with Crippen molar-refractivity contribution in [1.82, 2.24) is 10.3 Å². The fourth-order valence-corrected chi connectivity index (χ4v) is 2.95. The second kappa shape index (κ2) is 6.31. The number of hydrogen-bond acceptors (Lipinski definition) is 4. The van der Waals surface area contributed by atoms with E-state index < -0.39 is 23.7 Å². The molecule has 0 aliphatic heterocycles. The lowest BCUT2D eigenvalue weighted by Crippen LogP contribution is -2.27. The van der Waals surface area contributed by atoms with Gasteiger partial charge in [-0.25, -0.2) is 14.2 Å². The lowest BCUT2D eigenvalue weighted by molar-refractivity contribution is 0.0691. The fraction of sp³-hybridized carbons (Fsp3) is 0.154. The van der Waals surface area contributed by atoms with Crippen LogP contribution in [0.3, 0.4) is 0 Å². The van der Waals surface area contributed by atoms with Crippen LogP contribution in [0.2, 0.25) is 0 Å². The standard InChI is InChI=1S/C13H10BrFN2O3S/c1-6(12-17-9(5-21-12)13(19)20)16-11(18)10-7(14)3-2-4-8(10)15/h2-6H,1H3,(H,16,18)(H,19,20). The molecular formula is C13H10BrFN2O3S. The number of thiazole rings is 1. The van der Waals surface area contributed by atoms with Crippen molar-refractivity contribution in [2.24, 2.45) is 0 Å². The summed E-state index contributed by atoms with van der Waals surface area (Å²) >= 11 is 4.24. The number of nitrogens with zero attached hydrogens (tertiary/aromatic N) is 1. The van der Waals surface area contributed by atoms with Crippen molar-refractivity contribution in [3.05, 3.63) is 50.1 Å². The van der Waals surface area contributed by atoms with Crippen LogP contribution in [0.25, 0.3) is 0 Å². The summed E-state index contributed by atoms with van der Waals surface area (Å²) in [5, 5.41) is 13.2. The van der Waals surface area contributed by atoms with Crippen molar-refractivity contribution in [3.8, 4) is 0 Å². The van der Waals surface area contributed by atoms with Gasteiger partial charge in [0, 0.05) is 9.85 Å². The smallest absolute Gasteiger partial charge is 0.355 e. The molecule has 0 radical (unpaired) electrons. The van der Waals surface area contributed by atoms with Crippen LogP contribution in [0, 0.1) is 5.82 Å². The normalized spacial score (nSPS) is 12.0. The molecule has 5 nitrogen and oxygen atoms in total. The van der Waals surface area contributed by atoms with E-state index in [2.05, 4.69) is 26.2 Å². The summed E-state index contributed by atoms with van der Waals surface area (Å²) in [5.74, 6) is -2.37. The van der Waals surface area contributed by atoms with Crippen LogP contribution in [0.1, 0.15) is 38.8 Å². The molecule has 0 aliphatic carbocycles. The molecule has 1 aromatic carbocycles. The minimum Gasteiger partial charge on any atom is -0.476 e. The van der Waals surface area contributed by atoms with Gasteiger partial charge in [0.15, 0.2) is 5.69 Å². The van der Waals surface area contributed by atoms with Gasteiger partial charge in [-0.15, -0.1) is 11.3 Å². The molecule has 0 saturated carbocycles. The highest BCUT2D eigenvalue weighted by atomic mass is 79.9. The summed E-state index contributed by atoms with van der Waals surface area (Å²) in [5.41, 5.74) is -0.178. The highest BCUT2D eigenvalue weighted by Gasteiger charge is 2.20. The first kappa shape index (κ1) is 15.6. The molecule has 1 heterocycles. The lowest BCUT2D eigenvalue weighted by Gasteiger charge is -2.12. The molecule has 2 N–H and O–H groups in total. The van der Waals surface area contributed by atoms with Gasteiger partial charge in [-0.05, 0) is 35.0 Å². The zero-order valence-electron chi connectivity index (χ0n) is 10.8. The first-order valence-corrected chi connectivity index (χ1v) is 7.51. The third-order valence-corrected chi connectivity index (χ3v) is 4.34. The summed E-state index contributed by atoms with van der Waals surface area (Å²) in [4.78, 5) is 26.8. The Balaban J connectivity index is 2.17. The van der Waals surface area contributed by atoms with E-state index in [1.165, 1.54) is 17.5 Å². The van der Waals surface area contributed by atoms with Crippen LogP contribution in [-0.2, 0) is 0 Å². The van der Waals surface area contributed by atoms with Gasteiger partial charge in [-0.2, -0.15) is 0 Å². The Hall–Kier alpha value is -1.80. The number of amides is 1. The van der Waals surface area contributed by atoms with Gasteiger partial charge in [0.05, 0.1) is 11.6 Å². The Morgan fingerprint density at radius 3 is 2.76 bits per heavy atom. The minimum absolute atomic E-state index is 0.0804. The summed E-state index contributed by atoms with van der Waals surface area (Å²) in [6.45, 7) is 1.65. The lowest BCUT2D eigenvalue weighted by atomic mass is 10.2. The molecule has 2 aromatic rings. The van der Waals surface area contributed by atoms with E-state index in [1.807, 2.05) is 0 Å². The van der Waals surface area contributed by atoms with Gasteiger partial charge >= 0.3 is 5.97 Å². The highest BCUT2D eigenvalue weighted by Crippen LogP contribution is 2.22. The van der Waals surface area contributed by atoms with E-state index in [9.17, 15) is 14.0 Å². The molecule has 1 unspecified atom stereocenters. The quantitative estimate of drug-likeness (QED) is 0.863. The van der Waals surface area contributed by atoms with Gasteiger partial charge in [-0.1, -0.05) is 6.07 Å². The third kappa shape index (κ3) is 3.45. The SMILES string of the molecule is CC(NC(=O)c1c(F)cccc1Br)c1nc(C(=O)O)cs1. The zero-order valence-corrected chi connectivity index (χ0v) is 13.2. The van der Waals surface area contributed by atoms with Crippen LogP contribution < -0.4 is 5.32 Å². The zero-order chi connectivity index (χ0) is 15.6. The Morgan fingerprint density at radius 1 is 1.48 bits per heavy atom. The van der Waals surface area contributed by atoms with Crippen molar-refractivity contribution >= 4 is 39.1 Å². The van der Waals surface area contributed by atoms with Crippen LogP contribution in [0.15, 0.2) is 28.1 Å². The van der Waals surface area contributed by atoms with Crippen molar-refractivity contribution < 1.29 is 19.1 Å². The van der Waals surface area contributed by atoms with Crippen molar-refractivity contribution in [1.29, 1.82) is 0 Å². The summed E-state index contributed by atoms with van der Waals surface area (Å²) < 4.78 is 14.0. The number of carbonyl (C=O) groups excluding carboxylic acids is 1. The Kier molecular flexibility index (Phi) is 4.69. The van der Waals surface area contributed by atoms with Crippen molar-refractivity contribution in [2.75, 3.05) is 0 Å². The van der Waals surface area contributed by atoms with E-state index >= 15 is 0 Å². The average molecular weight is 373 g/mol. The molecule has 8 heteroatoms. The number of carbonyl (C=O) groups is 2. The number of aromatic nitrogens is 1. The summed E-state index contributed by atoms with van der Waals surface area (Å²) in [6, 6.07) is 3.71. The van der Waals surface area contributed by atoms with Gasteiger partial charge in [0.25, 0.3) is 5.91 Å². The van der Waals surface area contributed by atoms with E-state index in [0.717, 1.165) is 11.3 Å². The first-order valence-electron chi connectivity index (χ1n) is 5.83. The monoisotopic (exact) mass is 372 g/mol. The molecule has 21 heavy (non-hydrogen) atoms. The second-order valence-electron chi connectivity index (χ2n) is 4.17. The summed E-state index contributed by atoms with van der Waals surface area (Å²) in [6.07, 6.45) is 0. The molecule has 0 spiro atoms. The predicted octanol–water partition coefficient (Wildman–Crippen LogP) is 3.23. The highest BCUT2D eigenvalue weighted by molar-refractivity contribution is 9.10. The van der Waals surface area contributed by atoms with E-state index in [0.29, 0.717) is 9.48 Å². The molecule has 110 valence electrons. The number of aromatic carboxylic acids is 1. The Labute approximate surface area is 132 Å². The van der Waals surface area contributed by atoms with Gasteiger partial charge in [-0.3, -0.25) is 4.79 Å². The number of carboxylic acids is 1. The van der Waals surface area contributed by atoms with E-state index in [4.69, 9.17) is 5.11 Å². The maximum absolute atomic E-state index is 13.7. The van der Waals surface area contributed by atoms with Gasteiger partial charge in [0.2, 0.25) is 0 Å². The largest absolute Gasteiger partial charge is 0.476 e. The van der Waals surface area contributed by atoms with Crippen molar-refractivity contribution in [2.45, 2.75) is 13.0 Å². The molecule has 0 aliphatic rings. The number of carboxylic acid groups (broad SMARTS) is 1. The minimum atomic E-state index is -1.13. The molecule has 1 atom stereocenters. The predicted molar refractivity (Wildman–Crippen MR) is 79.1 cm³/mol. The average Bonchev–Trinajstić information content (AvgIpc) is 2.88. The number of nitrogens with one attached hydrogen (secondary N) is 1. The molecule has 1 aromatic heterocycles. The number of rotatable bonds is 4. The second-order valence-corrected chi connectivity index (χ2v) is 5.91. The van der Waals surface area contributed by atoms with E-state index in [1.54, 1.807) is 13.0 Å². The fourth-order valence-electron chi connectivity index (χ4n) is 1.63. The van der Waals surface area contributed by atoms with Gasteiger partial charge < -0.3 is 10.4 Å². The maximum atomic E-state index is 13.7. The topological polar surface area (TPSA) is 79.3 Å². The van der Waals surface area contributed by atoms with Gasteiger partial charge in [0.1, 0.15) is 10.8 Å². The summed E-state index contributed by atoms with van der Waals surface area (Å²) in [7, 11) is 0. The molecular weight excluding hydrogens is 363 g/mol. The number of hydrogen-bond donors (Lipinski definition) is 2. The molecule has 2 rings (SSSR count). The number of benzene rings is 1. The van der Waals surface area contributed by atoms with Crippen LogP contribution in [0.4, 0.5) is 4.39 Å². The maximum Gasteiger partial charge on any atom is 0.355 e.